The Morgan fingerprint density at radius 1 is 1.64 bits per heavy atom. The van der Waals surface area contributed by atoms with E-state index in [0.717, 1.165) is 24.3 Å². The summed E-state index contributed by atoms with van der Waals surface area (Å²) in [6, 6.07) is 1.79. The molecule has 0 aromatic carbocycles. The number of nitrogens with two attached hydrogens (primary N) is 1. The first-order valence-corrected chi connectivity index (χ1v) is 3.78. The number of nitrogen functional groups attached to an aromatic ring is 1. The van der Waals surface area contributed by atoms with Crippen molar-refractivity contribution >= 4 is 11.4 Å². The zero-order valence-electron chi connectivity index (χ0n) is 6.67. The molecule has 0 fully saturated rings. The van der Waals surface area contributed by atoms with E-state index in [1.54, 1.807) is 18.5 Å². The van der Waals surface area contributed by atoms with E-state index < -0.39 is 0 Å². The predicted octanol–water partition coefficient (Wildman–Crippen LogP) is 1.49. The molecule has 0 aliphatic carbocycles. The van der Waals surface area contributed by atoms with Gasteiger partial charge in [0.25, 0.3) is 0 Å². The van der Waals surface area contributed by atoms with Crippen molar-refractivity contribution in [1.82, 2.24) is 4.98 Å². The summed E-state index contributed by atoms with van der Waals surface area (Å²) in [6.45, 7) is 3.05. The summed E-state index contributed by atoms with van der Waals surface area (Å²) in [5.74, 6) is 0. The molecular weight excluding hydrogens is 138 g/mol. The average Bonchev–Trinajstić information content (AvgIpc) is 2.03. The maximum Gasteiger partial charge on any atom is 0.0760 e. The Kier molecular flexibility index (Phi) is 2.72. The first-order chi connectivity index (χ1) is 5.34. The fourth-order valence-electron chi connectivity index (χ4n) is 0.813. The summed E-state index contributed by atoms with van der Waals surface area (Å²) in [6.07, 6.45) is 4.52. The van der Waals surface area contributed by atoms with Gasteiger partial charge in [0.05, 0.1) is 17.6 Å². The Bertz CT molecular complexity index is 222. The number of nitrogens with one attached hydrogen (secondary N) is 1. The van der Waals surface area contributed by atoms with Gasteiger partial charge in [-0.1, -0.05) is 6.92 Å². The highest BCUT2D eigenvalue weighted by Gasteiger charge is 1.94. The van der Waals surface area contributed by atoms with Gasteiger partial charge >= 0.3 is 0 Å². The number of pyridine rings is 1. The quantitative estimate of drug-likeness (QED) is 0.688. The summed E-state index contributed by atoms with van der Waals surface area (Å²) >= 11 is 0. The van der Waals surface area contributed by atoms with Crippen LogP contribution in [0.2, 0.25) is 0 Å². The Morgan fingerprint density at radius 3 is 3.09 bits per heavy atom. The van der Waals surface area contributed by atoms with Crippen molar-refractivity contribution in [3.05, 3.63) is 18.5 Å². The Morgan fingerprint density at radius 2 is 2.45 bits per heavy atom. The van der Waals surface area contributed by atoms with Gasteiger partial charge in [0, 0.05) is 12.7 Å². The second-order valence-electron chi connectivity index (χ2n) is 2.39. The largest absolute Gasteiger partial charge is 0.397 e. The van der Waals surface area contributed by atoms with Crippen molar-refractivity contribution in [1.29, 1.82) is 0 Å². The zero-order chi connectivity index (χ0) is 8.10. The Balaban J connectivity index is 2.62. The molecule has 0 saturated carbocycles. The van der Waals surface area contributed by atoms with Crippen molar-refractivity contribution in [3.63, 3.8) is 0 Å². The SMILES string of the molecule is CCCNc1cnccc1N. The van der Waals surface area contributed by atoms with Crippen LogP contribution in [-0.2, 0) is 0 Å². The molecule has 3 N–H and O–H groups in total. The van der Waals surface area contributed by atoms with Crippen molar-refractivity contribution < 1.29 is 0 Å². The van der Waals surface area contributed by atoms with Crippen LogP contribution in [0.4, 0.5) is 11.4 Å². The topological polar surface area (TPSA) is 50.9 Å². The molecule has 0 aliphatic rings. The molecule has 1 aromatic heterocycles. The Labute approximate surface area is 66.6 Å². The number of aromatic nitrogens is 1. The fourth-order valence-corrected chi connectivity index (χ4v) is 0.813. The molecule has 11 heavy (non-hydrogen) atoms. The van der Waals surface area contributed by atoms with Crippen LogP contribution in [0.3, 0.4) is 0 Å². The molecule has 3 heteroatoms. The normalized spacial score (nSPS) is 9.55. The number of anilines is 2. The lowest BCUT2D eigenvalue weighted by Crippen LogP contribution is -2.02. The Hall–Kier alpha value is -1.25. The van der Waals surface area contributed by atoms with Gasteiger partial charge in [0.2, 0.25) is 0 Å². The van der Waals surface area contributed by atoms with Crippen LogP contribution in [0, 0.1) is 0 Å². The van der Waals surface area contributed by atoms with Crippen LogP contribution in [0.5, 0.6) is 0 Å². The molecule has 3 nitrogen and oxygen atoms in total. The third-order valence-corrected chi connectivity index (χ3v) is 1.42. The van der Waals surface area contributed by atoms with Crippen LogP contribution in [-0.4, -0.2) is 11.5 Å². The molecule has 0 atom stereocenters. The first-order valence-electron chi connectivity index (χ1n) is 3.78. The average molecular weight is 151 g/mol. The minimum absolute atomic E-state index is 0.758. The molecule has 0 unspecified atom stereocenters. The molecule has 0 spiro atoms. The summed E-state index contributed by atoms with van der Waals surface area (Å²) in [7, 11) is 0. The van der Waals surface area contributed by atoms with Gasteiger partial charge in [-0.3, -0.25) is 4.98 Å². The van der Waals surface area contributed by atoms with Crippen LogP contribution < -0.4 is 11.1 Å². The second-order valence-corrected chi connectivity index (χ2v) is 2.39. The van der Waals surface area contributed by atoms with Gasteiger partial charge in [-0.2, -0.15) is 0 Å². The highest BCUT2D eigenvalue weighted by atomic mass is 14.9. The number of rotatable bonds is 3. The fraction of sp³-hybridized carbons (Fsp3) is 0.375. The lowest BCUT2D eigenvalue weighted by atomic mass is 10.3. The smallest absolute Gasteiger partial charge is 0.0760 e. The van der Waals surface area contributed by atoms with Gasteiger partial charge in [0.1, 0.15) is 0 Å². The van der Waals surface area contributed by atoms with E-state index >= 15 is 0 Å². The number of nitrogens with zero attached hydrogens (tertiary/aromatic N) is 1. The zero-order valence-corrected chi connectivity index (χ0v) is 6.67. The van der Waals surface area contributed by atoms with Crippen molar-refractivity contribution in [3.8, 4) is 0 Å². The van der Waals surface area contributed by atoms with Crippen LogP contribution in [0.1, 0.15) is 13.3 Å². The summed E-state index contributed by atoms with van der Waals surface area (Å²) in [5.41, 5.74) is 7.34. The minimum Gasteiger partial charge on any atom is -0.397 e. The van der Waals surface area contributed by atoms with E-state index in [0.29, 0.717) is 0 Å². The standard InChI is InChI=1S/C8H13N3/c1-2-4-11-8-6-10-5-3-7(8)9/h3,5-6,11H,2,4H2,1H3,(H2,9,10). The highest BCUT2D eigenvalue weighted by molar-refractivity contribution is 5.63. The molecule has 1 aromatic rings. The molecular formula is C8H13N3. The third-order valence-electron chi connectivity index (χ3n) is 1.42. The number of hydrogen-bond acceptors (Lipinski definition) is 3. The maximum absolute atomic E-state index is 5.66. The summed E-state index contributed by atoms with van der Waals surface area (Å²) < 4.78 is 0. The minimum atomic E-state index is 0.758. The van der Waals surface area contributed by atoms with E-state index in [1.807, 2.05) is 0 Å². The summed E-state index contributed by atoms with van der Waals surface area (Å²) in [4.78, 5) is 3.96. The second kappa shape index (κ2) is 3.81. The summed E-state index contributed by atoms with van der Waals surface area (Å²) in [5, 5.41) is 3.18. The molecule has 0 radical (unpaired) electrons. The molecule has 0 saturated heterocycles. The van der Waals surface area contributed by atoms with E-state index in [9.17, 15) is 0 Å². The molecule has 0 bridgehead atoms. The third kappa shape index (κ3) is 2.11. The van der Waals surface area contributed by atoms with Gasteiger partial charge in [0.15, 0.2) is 0 Å². The van der Waals surface area contributed by atoms with E-state index in [1.165, 1.54) is 0 Å². The maximum atomic E-state index is 5.66. The van der Waals surface area contributed by atoms with Gasteiger partial charge in [-0.25, -0.2) is 0 Å². The van der Waals surface area contributed by atoms with Crippen LogP contribution in [0.15, 0.2) is 18.5 Å². The number of hydrogen-bond donors (Lipinski definition) is 2. The van der Waals surface area contributed by atoms with Crippen LogP contribution >= 0.6 is 0 Å². The van der Waals surface area contributed by atoms with Gasteiger partial charge in [-0.05, 0) is 12.5 Å². The first kappa shape index (κ1) is 7.85. The monoisotopic (exact) mass is 151 g/mol. The predicted molar refractivity (Wildman–Crippen MR) is 47.4 cm³/mol. The lowest BCUT2D eigenvalue weighted by Gasteiger charge is -2.05. The van der Waals surface area contributed by atoms with Crippen molar-refractivity contribution in [2.24, 2.45) is 0 Å². The van der Waals surface area contributed by atoms with Crippen LogP contribution in [0.25, 0.3) is 0 Å². The van der Waals surface area contributed by atoms with Gasteiger partial charge < -0.3 is 11.1 Å². The molecule has 1 rings (SSSR count). The van der Waals surface area contributed by atoms with Crippen molar-refractivity contribution in [2.45, 2.75) is 13.3 Å². The van der Waals surface area contributed by atoms with Gasteiger partial charge in [-0.15, -0.1) is 0 Å². The van der Waals surface area contributed by atoms with E-state index in [-0.39, 0.29) is 0 Å². The highest BCUT2D eigenvalue weighted by Crippen LogP contribution is 2.14. The molecule has 0 aliphatic heterocycles. The van der Waals surface area contributed by atoms with E-state index in [4.69, 9.17) is 5.73 Å². The molecule has 60 valence electrons. The lowest BCUT2D eigenvalue weighted by molar-refractivity contribution is 0.978. The van der Waals surface area contributed by atoms with Crippen molar-refractivity contribution in [2.75, 3.05) is 17.6 Å². The molecule has 1 heterocycles. The molecule has 0 amide bonds. The van der Waals surface area contributed by atoms with E-state index in [2.05, 4.69) is 17.2 Å².